The molecular weight excluding hydrogens is 272 g/mol. The Bertz CT molecular complexity index is 465. The van der Waals surface area contributed by atoms with E-state index in [1.165, 1.54) is 12.1 Å². The van der Waals surface area contributed by atoms with Crippen molar-refractivity contribution in [3.8, 4) is 11.5 Å². The van der Waals surface area contributed by atoms with Crippen molar-refractivity contribution >= 4 is 5.91 Å². The molecule has 21 heavy (non-hydrogen) atoms. The van der Waals surface area contributed by atoms with E-state index >= 15 is 0 Å². The third-order valence-electron chi connectivity index (χ3n) is 3.32. The number of nitrogens with one attached hydrogen (secondary N) is 1. The van der Waals surface area contributed by atoms with Crippen molar-refractivity contribution in [3.63, 3.8) is 0 Å². The number of amides is 1. The van der Waals surface area contributed by atoms with Crippen LogP contribution in [0.1, 0.15) is 25.3 Å². The van der Waals surface area contributed by atoms with Crippen LogP contribution in [-0.2, 0) is 11.2 Å². The Kier molecular flexibility index (Phi) is 6.98. The minimum atomic E-state index is -0.704. The molecule has 0 saturated heterocycles. The second-order valence-corrected chi connectivity index (χ2v) is 5.35. The summed E-state index contributed by atoms with van der Waals surface area (Å²) in [6.45, 7) is 2.63. The lowest BCUT2D eigenvalue weighted by molar-refractivity contribution is -0.122. The minimum absolute atomic E-state index is 0.151. The van der Waals surface area contributed by atoms with Crippen LogP contribution in [0.3, 0.4) is 0 Å². The number of aliphatic hydroxyl groups excluding tert-OH is 1. The molecule has 6 heteroatoms. The van der Waals surface area contributed by atoms with Gasteiger partial charge in [0.2, 0.25) is 5.91 Å². The van der Waals surface area contributed by atoms with Crippen LogP contribution in [0.15, 0.2) is 18.2 Å². The molecule has 0 heterocycles. The molecular formula is C15H24N2O4. The molecule has 0 fully saturated rings. The third-order valence-corrected chi connectivity index (χ3v) is 3.32. The SMILES string of the molecule is CC(CO)CCCNC(=O)[C@@H](N)Cc1ccc(O)c(O)c1. The standard InChI is InChI=1S/C15H24N2O4/c1-10(9-18)3-2-6-17-15(21)12(16)7-11-4-5-13(19)14(20)8-11/h4-5,8,10,12,18-20H,2-3,6-7,9,16H2,1H3,(H,17,21)/t10?,12-/m0/s1. The predicted molar refractivity (Wildman–Crippen MR) is 79.9 cm³/mol. The molecule has 0 aliphatic rings. The van der Waals surface area contributed by atoms with Gasteiger partial charge in [0, 0.05) is 13.2 Å². The first-order chi connectivity index (χ1) is 9.93. The molecule has 0 aliphatic carbocycles. The molecule has 1 rings (SSSR count). The number of carbonyl (C=O) groups excluding carboxylic acids is 1. The number of hydrogen-bond donors (Lipinski definition) is 5. The van der Waals surface area contributed by atoms with E-state index in [1.807, 2.05) is 6.92 Å². The summed E-state index contributed by atoms with van der Waals surface area (Å²) in [7, 11) is 0. The van der Waals surface area contributed by atoms with Crippen molar-refractivity contribution in [2.45, 2.75) is 32.2 Å². The average molecular weight is 296 g/mol. The monoisotopic (exact) mass is 296 g/mol. The van der Waals surface area contributed by atoms with Gasteiger partial charge in [0.05, 0.1) is 6.04 Å². The largest absolute Gasteiger partial charge is 0.504 e. The van der Waals surface area contributed by atoms with Crippen LogP contribution in [-0.4, -0.2) is 40.4 Å². The van der Waals surface area contributed by atoms with Crippen molar-refractivity contribution in [2.24, 2.45) is 11.7 Å². The van der Waals surface area contributed by atoms with Crippen LogP contribution in [0.4, 0.5) is 0 Å². The zero-order valence-electron chi connectivity index (χ0n) is 12.2. The summed E-state index contributed by atoms with van der Waals surface area (Å²) >= 11 is 0. The molecule has 1 aromatic carbocycles. The van der Waals surface area contributed by atoms with Crippen LogP contribution in [0.25, 0.3) is 0 Å². The van der Waals surface area contributed by atoms with Gasteiger partial charge in [-0.1, -0.05) is 13.0 Å². The van der Waals surface area contributed by atoms with E-state index in [-0.39, 0.29) is 36.4 Å². The van der Waals surface area contributed by atoms with Gasteiger partial charge >= 0.3 is 0 Å². The first-order valence-electron chi connectivity index (χ1n) is 7.09. The van der Waals surface area contributed by atoms with Crippen LogP contribution in [0.2, 0.25) is 0 Å². The maximum atomic E-state index is 11.8. The van der Waals surface area contributed by atoms with E-state index in [9.17, 15) is 15.0 Å². The Labute approximate surface area is 124 Å². The second kappa shape index (κ2) is 8.49. The summed E-state index contributed by atoms with van der Waals surface area (Å²) in [6, 6.07) is 3.67. The Morgan fingerprint density at radius 3 is 2.67 bits per heavy atom. The zero-order valence-corrected chi connectivity index (χ0v) is 12.2. The second-order valence-electron chi connectivity index (χ2n) is 5.35. The highest BCUT2D eigenvalue weighted by molar-refractivity contribution is 5.81. The van der Waals surface area contributed by atoms with Gasteiger partial charge in [-0.3, -0.25) is 4.79 Å². The maximum absolute atomic E-state index is 11.8. The summed E-state index contributed by atoms with van der Waals surface area (Å²) in [4.78, 5) is 11.8. The van der Waals surface area contributed by atoms with Crippen molar-refractivity contribution in [3.05, 3.63) is 23.8 Å². The van der Waals surface area contributed by atoms with Gasteiger partial charge < -0.3 is 26.4 Å². The predicted octanol–water partition coefficient (Wildman–Crippen LogP) is 0.492. The Balaban J connectivity index is 2.35. The van der Waals surface area contributed by atoms with Crippen molar-refractivity contribution in [1.29, 1.82) is 0 Å². The van der Waals surface area contributed by atoms with E-state index in [0.29, 0.717) is 12.1 Å². The normalized spacial score (nSPS) is 13.7. The molecule has 0 aliphatic heterocycles. The molecule has 0 aromatic heterocycles. The molecule has 6 N–H and O–H groups in total. The number of aliphatic hydroxyl groups is 1. The number of carbonyl (C=O) groups is 1. The molecule has 1 amide bonds. The fourth-order valence-corrected chi connectivity index (χ4v) is 1.93. The van der Waals surface area contributed by atoms with E-state index in [4.69, 9.17) is 10.8 Å². The lowest BCUT2D eigenvalue weighted by atomic mass is 10.0. The molecule has 0 saturated carbocycles. The highest BCUT2D eigenvalue weighted by Gasteiger charge is 2.14. The fourth-order valence-electron chi connectivity index (χ4n) is 1.93. The first kappa shape index (κ1) is 17.3. The van der Waals surface area contributed by atoms with Crippen molar-refractivity contribution in [1.82, 2.24) is 5.32 Å². The smallest absolute Gasteiger partial charge is 0.237 e. The van der Waals surface area contributed by atoms with Crippen LogP contribution in [0, 0.1) is 5.92 Å². The Morgan fingerprint density at radius 1 is 1.33 bits per heavy atom. The maximum Gasteiger partial charge on any atom is 0.237 e. The molecule has 6 nitrogen and oxygen atoms in total. The minimum Gasteiger partial charge on any atom is -0.504 e. The molecule has 0 bridgehead atoms. The lowest BCUT2D eigenvalue weighted by Crippen LogP contribution is -2.42. The fraction of sp³-hybridized carbons (Fsp3) is 0.533. The van der Waals surface area contributed by atoms with E-state index < -0.39 is 6.04 Å². The van der Waals surface area contributed by atoms with E-state index in [1.54, 1.807) is 6.07 Å². The number of hydrogen-bond acceptors (Lipinski definition) is 5. The highest BCUT2D eigenvalue weighted by Crippen LogP contribution is 2.25. The van der Waals surface area contributed by atoms with Crippen molar-refractivity contribution < 1.29 is 20.1 Å². The molecule has 0 spiro atoms. The molecule has 0 radical (unpaired) electrons. The number of aromatic hydroxyl groups is 2. The molecule has 1 aromatic rings. The Morgan fingerprint density at radius 2 is 2.05 bits per heavy atom. The van der Waals surface area contributed by atoms with Gasteiger partial charge in [0.1, 0.15) is 0 Å². The summed E-state index contributed by atoms with van der Waals surface area (Å²) in [5, 5.41) is 30.2. The van der Waals surface area contributed by atoms with Gasteiger partial charge in [-0.05, 0) is 42.9 Å². The summed E-state index contributed by atoms with van der Waals surface area (Å²) in [5.41, 5.74) is 6.49. The average Bonchev–Trinajstić information content (AvgIpc) is 2.46. The van der Waals surface area contributed by atoms with Crippen molar-refractivity contribution in [2.75, 3.05) is 13.2 Å². The highest BCUT2D eigenvalue weighted by atomic mass is 16.3. The number of benzene rings is 1. The number of phenolic OH excluding ortho intramolecular Hbond substituents is 2. The molecule has 2 atom stereocenters. The number of nitrogens with two attached hydrogens (primary N) is 1. The molecule has 1 unspecified atom stereocenters. The van der Waals surface area contributed by atoms with E-state index in [0.717, 1.165) is 12.8 Å². The zero-order chi connectivity index (χ0) is 15.8. The third kappa shape index (κ3) is 6.01. The summed E-state index contributed by atoms with van der Waals surface area (Å²) < 4.78 is 0. The van der Waals surface area contributed by atoms with Gasteiger partial charge in [-0.2, -0.15) is 0 Å². The van der Waals surface area contributed by atoms with Gasteiger partial charge in [0.25, 0.3) is 0 Å². The number of phenols is 2. The topological polar surface area (TPSA) is 116 Å². The summed E-state index contributed by atoms with van der Waals surface area (Å²) in [6.07, 6.45) is 1.92. The lowest BCUT2D eigenvalue weighted by Gasteiger charge is -2.13. The number of rotatable bonds is 8. The quantitative estimate of drug-likeness (QED) is 0.354. The summed E-state index contributed by atoms with van der Waals surface area (Å²) in [5.74, 6) is -0.442. The Hall–Kier alpha value is -1.79. The van der Waals surface area contributed by atoms with Gasteiger partial charge in [-0.15, -0.1) is 0 Å². The van der Waals surface area contributed by atoms with Gasteiger partial charge in [0.15, 0.2) is 11.5 Å². The molecule has 118 valence electrons. The van der Waals surface area contributed by atoms with Crippen LogP contribution >= 0.6 is 0 Å². The van der Waals surface area contributed by atoms with Gasteiger partial charge in [-0.25, -0.2) is 0 Å². The first-order valence-corrected chi connectivity index (χ1v) is 7.09. The van der Waals surface area contributed by atoms with Crippen LogP contribution in [0.5, 0.6) is 11.5 Å². The van der Waals surface area contributed by atoms with E-state index in [2.05, 4.69) is 5.32 Å². The van der Waals surface area contributed by atoms with Crippen LogP contribution < -0.4 is 11.1 Å².